The van der Waals surface area contributed by atoms with Gasteiger partial charge in [-0.3, -0.25) is 4.79 Å². The number of carbonyl (C=O) groups excluding carboxylic acids is 1. The van der Waals surface area contributed by atoms with E-state index in [1.165, 1.54) is 12.5 Å². The average Bonchev–Trinajstić information content (AvgIpc) is 2.18. The molecule has 2 heteroatoms. The van der Waals surface area contributed by atoms with Gasteiger partial charge < -0.3 is 5.32 Å². The van der Waals surface area contributed by atoms with Crippen LogP contribution >= 0.6 is 0 Å². The van der Waals surface area contributed by atoms with Gasteiger partial charge >= 0.3 is 0 Å². The number of amides is 1. The second-order valence-corrected chi connectivity index (χ2v) is 4.50. The van der Waals surface area contributed by atoms with Crippen LogP contribution in [-0.2, 0) is 10.2 Å². The van der Waals surface area contributed by atoms with Crippen molar-refractivity contribution in [3.63, 3.8) is 0 Å². The molecule has 0 fully saturated rings. The summed E-state index contributed by atoms with van der Waals surface area (Å²) < 4.78 is 0. The first kappa shape index (κ1) is 11.8. The van der Waals surface area contributed by atoms with Crippen LogP contribution in [0.3, 0.4) is 0 Å². The molecule has 0 spiro atoms. The monoisotopic (exact) mass is 205 g/mol. The molecule has 0 aliphatic heterocycles. The van der Waals surface area contributed by atoms with Gasteiger partial charge in [-0.2, -0.15) is 0 Å². The van der Waals surface area contributed by atoms with E-state index in [0.29, 0.717) is 0 Å². The predicted octanol–water partition coefficient (Wildman–Crippen LogP) is 3.33. The Balaban J connectivity index is 2.85. The summed E-state index contributed by atoms with van der Waals surface area (Å²) >= 11 is 0. The predicted molar refractivity (Wildman–Crippen MR) is 64.1 cm³/mol. The molecule has 0 aromatic heterocycles. The Hall–Kier alpha value is -1.31. The standard InChI is InChI=1S/C13H19NO/c1-5-13(3,4)11-6-8-12(9-7-11)14-10(2)15/h6-9H,5H2,1-4H3,(H,14,15). The molecular formula is C13H19NO. The topological polar surface area (TPSA) is 29.1 Å². The van der Waals surface area contributed by atoms with Gasteiger partial charge in [0, 0.05) is 12.6 Å². The van der Waals surface area contributed by atoms with Crippen LogP contribution in [0, 0.1) is 0 Å². The van der Waals surface area contributed by atoms with E-state index in [9.17, 15) is 4.79 Å². The summed E-state index contributed by atoms with van der Waals surface area (Å²) in [6, 6.07) is 8.06. The molecule has 0 saturated carbocycles. The first-order chi connectivity index (χ1) is 6.95. The van der Waals surface area contributed by atoms with Gasteiger partial charge in [0.15, 0.2) is 0 Å². The Labute approximate surface area is 91.7 Å². The molecule has 1 aromatic carbocycles. The Morgan fingerprint density at radius 1 is 1.27 bits per heavy atom. The Morgan fingerprint density at radius 3 is 2.20 bits per heavy atom. The zero-order chi connectivity index (χ0) is 11.5. The van der Waals surface area contributed by atoms with Crippen molar-refractivity contribution in [2.24, 2.45) is 0 Å². The molecule has 0 unspecified atom stereocenters. The summed E-state index contributed by atoms with van der Waals surface area (Å²) in [4.78, 5) is 10.8. The van der Waals surface area contributed by atoms with Crippen molar-refractivity contribution < 1.29 is 4.79 Å². The smallest absolute Gasteiger partial charge is 0.221 e. The highest BCUT2D eigenvalue weighted by atomic mass is 16.1. The van der Waals surface area contributed by atoms with Crippen molar-refractivity contribution in [1.82, 2.24) is 0 Å². The van der Waals surface area contributed by atoms with E-state index in [0.717, 1.165) is 12.1 Å². The molecule has 0 saturated heterocycles. The van der Waals surface area contributed by atoms with Crippen LogP contribution in [0.4, 0.5) is 5.69 Å². The highest BCUT2D eigenvalue weighted by molar-refractivity contribution is 5.88. The largest absolute Gasteiger partial charge is 0.326 e. The highest BCUT2D eigenvalue weighted by Crippen LogP contribution is 2.27. The molecule has 0 radical (unpaired) electrons. The maximum atomic E-state index is 10.8. The van der Waals surface area contributed by atoms with Gasteiger partial charge in [-0.15, -0.1) is 0 Å². The minimum absolute atomic E-state index is 0.0301. The summed E-state index contributed by atoms with van der Waals surface area (Å²) in [7, 11) is 0. The Morgan fingerprint density at radius 2 is 1.80 bits per heavy atom. The van der Waals surface area contributed by atoms with Crippen LogP contribution < -0.4 is 5.32 Å². The van der Waals surface area contributed by atoms with Crippen LogP contribution in [0.15, 0.2) is 24.3 Å². The van der Waals surface area contributed by atoms with E-state index >= 15 is 0 Å². The lowest BCUT2D eigenvalue weighted by atomic mass is 9.82. The van der Waals surface area contributed by atoms with Crippen molar-refractivity contribution in [3.8, 4) is 0 Å². The first-order valence-electron chi connectivity index (χ1n) is 5.34. The molecule has 0 bridgehead atoms. The van der Waals surface area contributed by atoms with Gasteiger partial charge in [0.05, 0.1) is 0 Å². The third kappa shape index (κ3) is 3.08. The maximum absolute atomic E-state index is 10.8. The summed E-state index contributed by atoms with van der Waals surface area (Å²) in [6.07, 6.45) is 1.10. The lowest BCUT2D eigenvalue weighted by Crippen LogP contribution is -2.15. The number of carbonyl (C=O) groups is 1. The van der Waals surface area contributed by atoms with Gasteiger partial charge in [-0.05, 0) is 29.5 Å². The quantitative estimate of drug-likeness (QED) is 0.805. The summed E-state index contributed by atoms with van der Waals surface area (Å²) in [5, 5.41) is 2.76. The third-order valence-electron chi connectivity index (χ3n) is 2.87. The summed E-state index contributed by atoms with van der Waals surface area (Å²) in [6.45, 7) is 8.15. The number of hydrogen-bond donors (Lipinski definition) is 1. The number of rotatable bonds is 3. The van der Waals surface area contributed by atoms with E-state index in [2.05, 4.69) is 38.2 Å². The van der Waals surface area contributed by atoms with Gasteiger partial charge in [0.25, 0.3) is 0 Å². The SMILES string of the molecule is CCC(C)(C)c1ccc(NC(C)=O)cc1. The molecule has 82 valence electrons. The molecular weight excluding hydrogens is 186 g/mol. The fourth-order valence-electron chi connectivity index (χ4n) is 1.41. The summed E-state index contributed by atoms with van der Waals surface area (Å²) in [5.41, 5.74) is 2.37. The molecule has 15 heavy (non-hydrogen) atoms. The minimum Gasteiger partial charge on any atom is -0.326 e. The van der Waals surface area contributed by atoms with E-state index in [4.69, 9.17) is 0 Å². The minimum atomic E-state index is -0.0301. The number of nitrogens with one attached hydrogen (secondary N) is 1. The zero-order valence-corrected chi connectivity index (χ0v) is 9.92. The van der Waals surface area contributed by atoms with Gasteiger partial charge in [0.2, 0.25) is 5.91 Å². The van der Waals surface area contributed by atoms with E-state index in [-0.39, 0.29) is 11.3 Å². The summed E-state index contributed by atoms with van der Waals surface area (Å²) in [5.74, 6) is -0.0301. The number of hydrogen-bond acceptors (Lipinski definition) is 1. The molecule has 1 rings (SSSR count). The van der Waals surface area contributed by atoms with Crippen LogP contribution in [0.5, 0.6) is 0 Å². The lowest BCUT2D eigenvalue weighted by molar-refractivity contribution is -0.114. The number of anilines is 1. The van der Waals surface area contributed by atoms with Crippen LogP contribution in [-0.4, -0.2) is 5.91 Å². The lowest BCUT2D eigenvalue weighted by Gasteiger charge is -2.23. The van der Waals surface area contributed by atoms with Crippen molar-refractivity contribution >= 4 is 11.6 Å². The molecule has 1 aromatic rings. The van der Waals surface area contributed by atoms with E-state index < -0.39 is 0 Å². The second kappa shape index (κ2) is 4.47. The fourth-order valence-corrected chi connectivity index (χ4v) is 1.41. The molecule has 1 N–H and O–H groups in total. The van der Waals surface area contributed by atoms with Crippen molar-refractivity contribution in [1.29, 1.82) is 0 Å². The van der Waals surface area contributed by atoms with Gasteiger partial charge in [-0.25, -0.2) is 0 Å². The molecule has 0 aliphatic rings. The fraction of sp³-hybridized carbons (Fsp3) is 0.462. The number of benzene rings is 1. The Kier molecular flexibility index (Phi) is 3.51. The maximum Gasteiger partial charge on any atom is 0.221 e. The van der Waals surface area contributed by atoms with Crippen LogP contribution in [0.1, 0.15) is 39.7 Å². The van der Waals surface area contributed by atoms with Gasteiger partial charge in [0.1, 0.15) is 0 Å². The van der Waals surface area contributed by atoms with Crippen molar-refractivity contribution in [2.75, 3.05) is 5.32 Å². The van der Waals surface area contributed by atoms with E-state index in [1.54, 1.807) is 0 Å². The second-order valence-electron chi connectivity index (χ2n) is 4.50. The van der Waals surface area contributed by atoms with Gasteiger partial charge in [-0.1, -0.05) is 32.9 Å². The molecule has 2 nitrogen and oxygen atoms in total. The first-order valence-corrected chi connectivity index (χ1v) is 5.34. The van der Waals surface area contributed by atoms with Crippen molar-refractivity contribution in [3.05, 3.63) is 29.8 Å². The normalized spacial score (nSPS) is 11.2. The Bertz CT molecular complexity index is 338. The third-order valence-corrected chi connectivity index (χ3v) is 2.87. The van der Waals surface area contributed by atoms with E-state index in [1.807, 2.05) is 12.1 Å². The van der Waals surface area contributed by atoms with Crippen LogP contribution in [0.25, 0.3) is 0 Å². The molecule has 0 aliphatic carbocycles. The highest BCUT2D eigenvalue weighted by Gasteiger charge is 2.17. The average molecular weight is 205 g/mol. The molecule has 1 amide bonds. The zero-order valence-electron chi connectivity index (χ0n) is 9.92. The molecule has 0 heterocycles. The van der Waals surface area contributed by atoms with Crippen LogP contribution in [0.2, 0.25) is 0 Å². The van der Waals surface area contributed by atoms with Crippen molar-refractivity contribution in [2.45, 2.75) is 39.5 Å². The molecule has 0 atom stereocenters.